The van der Waals surface area contributed by atoms with Crippen molar-refractivity contribution in [3.05, 3.63) is 0 Å². The third-order valence-electron chi connectivity index (χ3n) is 3.17. The van der Waals surface area contributed by atoms with Crippen LogP contribution in [-0.4, -0.2) is 60.9 Å². The molecular weight excluding hydrogens is 208 g/mol. The van der Waals surface area contributed by atoms with Gasteiger partial charge in [0.15, 0.2) is 0 Å². The Labute approximate surface area is 95.8 Å². The topological polar surface area (TPSA) is 61.8 Å². The highest BCUT2D eigenvalue weighted by molar-refractivity contribution is 5.78. The van der Waals surface area contributed by atoms with Crippen molar-refractivity contribution in [3.63, 3.8) is 0 Å². The van der Waals surface area contributed by atoms with Gasteiger partial charge < -0.3 is 15.2 Å². The summed E-state index contributed by atoms with van der Waals surface area (Å²) in [6.45, 7) is 3.26. The number of carbonyl (C=O) groups excluding carboxylic acids is 1. The van der Waals surface area contributed by atoms with Crippen LogP contribution in [0.15, 0.2) is 0 Å². The minimum absolute atomic E-state index is 0.0320. The summed E-state index contributed by atoms with van der Waals surface area (Å²) in [6.07, 6.45) is 2.86. The molecule has 2 aliphatic heterocycles. The number of β-amino-alcohol motifs (C(OH)–C–C–N with tert-alkyl or cyclic N) is 1. The molecule has 0 aliphatic carbocycles. The zero-order valence-corrected chi connectivity index (χ0v) is 9.52. The lowest BCUT2D eigenvalue weighted by Crippen LogP contribution is -2.39. The molecule has 2 heterocycles. The van der Waals surface area contributed by atoms with Crippen LogP contribution in [0.2, 0.25) is 0 Å². The molecule has 16 heavy (non-hydrogen) atoms. The molecule has 2 N–H and O–H groups in total. The first-order chi connectivity index (χ1) is 7.74. The Morgan fingerprint density at radius 1 is 1.50 bits per heavy atom. The third kappa shape index (κ3) is 3.43. The van der Waals surface area contributed by atoms with E-state index >= 15 is 0 Å². The Morgan fingerprint density at radius 3 is 3.00 bits per heavy atom. The predicted molar refractivity (Wildman–Crippen MR) is 59.0 cm³/mol. The maximum atomic E-state index is 11.6. The van der Waals surface area contributed by atoms with Crippen LogP contribution < -0.4 is 5.32 Å². The van der Waals surface area contributed by atoms with Crippen LogP contribution in [0.1, 0.15) is 19.3 Å². The molecule has 92 valence electrons. The Bertz CT molecular complexity index is 241. The molecule has 5 heteroatoms. The lowest BCUT2D eigenvalue weighted by Gasteiger charge is -2.16. The van der Waals surface area contributed by atoms with Crippen molar-refractivity contribution in [2.45, 2.75) is 31.5 Å². The van der Waals surface area contributed by atoms with Crippen molar-refractivity contribution in [2.75, 3.05) is 32.8 Å². The number of hydrogen-bond acceptors (Lipinski definition) is 4. The minimum atomic E-state index is -0.258. The van der Waals surface area contributed by atoms with Crippen LogP contribution in [-0.2, 0) is 9.53 Å². The number of amides is 1. The van der Waals surface area contributed by atoms with Crippen molar-refractivity contribution in [1.82, 2.24) is 10.2 Å². The summed E-state index contributed by atoms with van der Waals surface area (Å²) in [6, 6.07) is 0. The van der Waals surface area contributed by atoms with E-state index in [1.165, 1.54) is 0 Å². The highest BCUT2D eigenvalue weighted by Crippen LogP contribution is 2.11. The summed E-state index contributed by atoms with van der Waals surface area (Å²) in [5.41, 5.74) is 0. The van der Waals surface area contributed by atoms with Gasteiger partial charge in [0.05, 0.1) is 18.8 Å². The standard InChI is InChI=1S/C11H20N2O3/c14-9-3-4-13(7-9)8-11(15)12-6-10-2-1-5-16-10/h9-10,14H,1-8H2,(H,12,15)/t9-,10?/m0/s1. The van der Waals surface area contributed by atoms with E-state index in [1.807, 2.05) is 4.90 Å². The van der Waals surface area contributed by atoms with Crippen molar-refractivity contribution in [1.29, 1.82) is 0 Å². The highest BCUT2D eigenvalue weighted by Gasteiger charge is 2.22. The van der Waals surface area contributed by atoms with E-state index in [4.69, 9.17) is 4.74 Å². The number of carbonyl (C=O) groups is 1. The van der Waals surface area contributed by atoms with Gasteiger partial charge in [0.2, 0.25) is 5.91 Å². The zero-order valence-electron chi connectivity index (χ0n) is 9.52. The second kappa shape index (κ2) is 5.61. The Morgan fingerprint density at radius 2 is 2.38 bits per heavy atom. The Kier molecular flexibility index (Phi) is 4.15. The molecule has 1 amide bonds. The normalized spacial score (nSPS) is 30.8. The molecule has 2 aliphatic rings. The minimum Gasteiger partial charge on any atom is -0.392 e. The number of nitrogens with one attached hydrogen (secondary N) is 1. The monoisotopic (exact) mass is 228 g/mol. The van der Waals surface area contributed by atoms with Gasteiger partial charge in [-0.3, -0.25) is 9.69 Å². The average molecular weight is 228 g/mol. The van der Waals surface area contributed by atoms with Crippen molar-refractivity contribution >= 4 is 5.91 Å². The first kappa shape index (κ1) is 11.8. The van der Waals surface area contributed by atoms with Crippen LogP contribution in [0, 0.1) is 0 Å². The van der Waals surface area contributed by atoms with Crippen LogP contribution in [0.4, 0.5) is 0 Å². The average Bonchev–Trinajstić information content (AvgIpc) is 2.87. The fraction of sp³-hybridized carbons (Fsp3) is 0.909. The number of hydrogen-bond donors (Lipinski definition) is 2. The van der Waals surface area contributed by atoms with Crippen LogP contribution >= 0.6 is 0 Å². The van der Waals surface area contributed by atoms with Gasteiger partial charge in [0, 0.05) is 26.2 Å². The lowest BCUT2D eigenvalue weighted by molar-refractivity contribution is -0.122. The van der Waals surface area contributed by atoms with E-state index < -0.39 is 0 Å². The summed E-state index contributed by atoms with van der Waals surface area (Å²) >= 11 is 0. The molecule has 2 atom stereocenters. The van der Waals surface area contributed by atoms with Gasteiger partial charge in [-0.1, -0.05) is 0 Å². The van der Waals surface area contributed by atoms with Gasteiger partial charge >= 0.3 is 0 Å². The molecule has 0 aromatic rings. The molecule has 0 saturated carbocycles. The molecular formula is C11H20N2O3. The lowest BCUT2D eigenvalue weighted by atomic mass is 10.2. The van der Waals surface area contributed by atoms with Crippen molar-refractivity contribution in [2.24, 2.45) is 0 Å². The van der Waals surface area contributed by atoms with Crippen LogP contribution in [0.25, 0.3) is 0 Å². The highest BCUT2D eigenvalue weighted by atomic mass is 16.5. The third-order valence-corrected chi connectivity index (χ3v) is 3.17. The predicted octanol–water partition coefficient (Wildman–Crippen LogP) is -0.652. The molecule has 0 radical (unpaired) electrons. The number of ether oxygens (including phenoxy) is 1. The summed E-state index contributed by atoms with van der Waals surface area (Å²) < 4.78 is 5.42. The summed E-state index contributed by atoms with van der Waals surface area (Å²) in [7, 11) is 0. The van der Waals surface area contributed by atoms with Gasteiger partial charge in [-0.2, -0.15) is 0 Å². The van der Waals surface area contributed by atoms with Crippen molar-refractivity contribution < 1.29 is 14.6 Å². The second-order valence-corrected chi connectivity index (χ2v) is 4.62. The number of nitrogens with zero attached hydrogens (tertiary/aromatic N) is 1. The quantitative estimate of drug-likeness (QED) is 0.671. The van der Waals surface area contributed by atoms with Crippen LogP contribution in [0.5, 0.6) is 0 Å². The van der Waals surface area contributed by atoms with Gasteiger partial charge in [-0.15, -0.1) is 0 Å². The number of aliphatic hydroxyl groups excluding tert-OH is 1. The number of aliphatic hydroxyl groups is 1. The molecule has 0 aromatic carbocycles. The Hall–Kier alpha value is -0.650. The SMILES string of the molecule is O=C(CN1CC[C@H](O)C1)NCC1CCCO1. The van der Waals surface area contributed by atoms with Gasteiger partial charge in [0.25, 0.3) is 0 Å². The molecule has 2 saturated heterocycles. The van der Waals surface area contributed by atoms with E-state index in [9.17, 15) is 9.90 Å². The van der Waals surface area contributed by atoms with E-state index in [1.54, 1.807) is 0 Å². The first-order valence-corrected chi connectivity index (χ1v) is 6.03. The number of likely N-dealkylation sites (tertiary alicyclic amines) is 1. The van der Waals surface area contributed by atoms with E-state index in [0.717, 1.165) is 32.4 Å². The van der Waals surface area contributed by atoms with Gasteiger partial charge in [0.1, 0.15) is 0 Å². The fourth-order valence-electron chi connectivity index (χ4n) is 2.25. The molecule has 0 bridgehead atoms. The van der Waals surface area contributed by atoms with Crippen LogP contribution in [0.3, 0.4) is 0 Å². The molecule has 0 spiro atoms. The largest absolute Gasteiger partial charge is 0.392 e. The zero-order chi connectivity index (χ0) is 11.4. The Balaban J connectivity index is 1.60. The summed E-state index contributed by atoms with van der Waals surface area (Å²) in [4.78, 5) is 13.6. The second-order valence-electron chi connectivity index (χ2n) is 4.62. The summed E-state index contributed by atoms with van der Waals surface area (Å²) in [5, 5.41) is 12.2. The molecule has 2 rings (SSSR count). The summed E-state index contributed by atoms with van der Waals surface area (Å²) in [5.74, 6) is 0.0320. The van der Waals surface area contributed by atoms with E-state index in [2.05, 4.69) is 5.32 Å². The van der Waals surface area contributed by atoms with E-state index in [0.29, 0.717) is 19.6 Å². The molecule has 0 aromatic heterocycles. The van der Waals surface area contributed by atoms with E-state index in [-0.39, 0.29) is 18.1 Å². The maximum Gasteiger partial charge on any atom is 0.234 e. The van der Waals surface area contributed by atoms with Gasteiger partial charge in [-0.25, -0.2) is 0 Å². The maximum absolute atomic E-state index is 11.6. The first-order valence-electron chi connectivity index (χ1n) is 6.03. The smallest absolute Gasteiger partial charge is 0.234 e. The molecule has 2 fully saturated rings. The number of rotatable bonds is 4. The fourth-order valence-corrected chi connectivity index (χ4v) is 2.25. The van der Waals surface area contributed by atoms with Gasteiger partial charge in [-0.05, 0) is 19.3 Å². The molecule has 5 nitrogen and oxygen atoms in total. The van der Waals surface area contributed by atoms with Crippen molar-refractivity contribution in [3.8, 4) is 0 Å². The molecule has 1 unspecified atom stereocenters.